The van der Waals surface area contributed by atoms with Crippen LogP contribution in [0.3, 0.4) is 0 Å². The molecule has 2 aromatic rings. The molecule has 1 unspecified atom stereocenters. The number of benzene rings is 2. The van der Waals surface area contributed by atoms with Crippen molar-refractivity contribution in [2.45, 2.75) is 25.9 Å². The number of carbonyl (C=O) groups is 1. The number of methoxy groups -OCH3 is 1. The Morgan fingerprint density at radius 1 is 1.14 bits per heavy atom. The third-order valence-electron chi connectivity index (χ3n) is 4.49. The smallest absolute Gasteiger partial charge is 0.257 e. The largest absolute Gasteiger partial charge is 0.497 e. The second kappa shape index (κ2) is 10.5. The Labute approximate surface area is 171 Å². The lowest BCUT2D eigenvalue weighted by Crippen LogP contribution is -2.36. The molecule has 7 heteroatoms. The summed E-state index contributed by atoms with van der Waals surface area (Å²) in [6.45, 7) is 3.75. The molecular weight excluding hydrogens is 370 g/mol. The van der Waals surface area contributed by atoms with E-state index in [4.69, 9.17) is 14.2 Å². The van der Waals surface area contributed by atoms with Gasteiger partial charge < -0.3 is 19.5 Å². The van der Waals surface area contributed by atoms with Crippen LogP contribution in [0.15, 0.2) is 53.5 Å². The molecule has 0 aromatic heterocycles. The molecule has 29 heavy (non-hydrogen) atoms. The van der Waals surface area contributed by atoms with Gasteiger partial charge in [-0.15, -0.1) is 0 Å². The van der Waals surface area contributed by atoms with E-state index in [0.717, 1.165) is 36.6 Å². The van der Waals surface area contributed by atoms with E-state index in [1.165, 1.54) is 0 Å². The van der Waals surface area contributed by atoms with Gasteiger partial charge in [-0.25, -0.2) is 4.99 Å². The third kappa shape index (κ3) is 6.22. The predicted octanol–water partition coefficient (Wildman–Crippen LogP) is 3.47. The first-order valence-corrected chi connectivity index (χ1v) is 9.79. The Bertz CT molecular complexity index is 813. The molecule has 154 valence electrons. The highest BCUT2D eigenvalue weighted by Crippen LogP contribution is 2.16. The summed E-state index contributed by atoms with van der Waals surface area (Å²) in [7, 11) is 1.62. The second-order valence-corrected chi connectivity index (χ2v) is 6.59. The van der Waals surface area contributed by atoms with Crippen LogP contribution in [0.5, 0.6) is 11.5 Å². The number of nitrogens with one attached hydrogen (secondary N) is 2. The number of guanidine groups is 1. The highest BCUT2D eigenvalue weighted by molar-refractivity contribution is 6.10. The molecule has 0 aliphatic carbocycles. The van der Waals surface area contributed by atoms with Crippen LogP contribution >= 0.6 is 0 Å². The Hall–Kier alpha value is -3.06. The fourth-order valence-electron chi connectivity index (χ4n) is 2.95. The summed E-state index contributed by atoms with van der Waals surface area (Å²) in [6.07, 6.45) is 2.11. The van der Waals surface area contributed by atoms with Crippen molar-refractivity contribution >= 4 is 17.6 Å². The van der Waals surface area contributed by atoms with Gasteiger partial charge in [0.2, 0.25) is 5.96 Å². The van der Waals surface area contributed by atoms with Crippen molar-refractivity contribution in [3.8, 4) is 11.5 Å². The monoisotopic (exact) mass is 397 g/mol. The van der Waals surface area contributed by atoms with Crippen molar-refractivity contribution < 1.29 is 19.0 Å². The molecule has 1 fully saturated rings. The summed E-state index contributed by atoms with van der Waals surface area (Å²) >= 11 is 0. The minimum atomic E-state index is -0.250. The fraction of sp³-hybridized carbons (Fsp3) is 0.364. The highest BCUT2D eigenvalue weighted by atomic mass is 16.5. The summed E-state index contributed by atoms with van der Waals surface area (Å²) in [5.74, 6) is 1.62. The Balaban J connectivity index is 1.70. The average Bonchev–Trinajstić information content (AvgIpc) is 3.27. The van der Waals surface area contributed by atoms with E-state index in [1.807, 2.05) is 31.2 Å². The molecule has 1 atom stereocenters. The average molecular weight is 397 g/mol. The Morgan fingerprint density at radius 2 is 1.86 bits per heavy atom. The SMILES string of the molecule is CCOc1ccc(C(=O)NC(=NCC2CCCO2)Nc2ccc(OC)cc2)cc1. The van der Waals surface area contributed by atoms with Gasteiger partial charge in [-0.1, -0.05) is 0 Å². The molecule has 0 bridgehead atoms. The van der Waals surface area contributed by atoms with Crippen molar-refractivity contribution in [1.29, 1.82) is 0 Å². The minimum absolute atomic E-state index is 0.0880. The number of hydrogen-bond acceptors (Lipinski definition) is 5. The Kier molecular flexibility index (Phi) is 7.47. The van der Waals surface area contributed by atoms with Crippen LogP contribution < -0.4 is 20.1 Å². The van der Waals surface area contributed by atoms with Crippen molar-refractivity contribution in [3.05, 3.63) is 54.1 Å². The van der Waals surface area contributed by atoms with Crippen molar-refractivity contribution in [3.63, 3.8) is 0 Å². The lowest BCUT2D eigenvalue weighted by atomic mass is 10.2. The van der Waals surface area contributed by atoms with E-state index in [2.05, 4.69) is 15.6 Å². The van der Waals surface area contributed by atoms with Gasteiger partial charge in [0.1, 0.15) is 11.5 Å². The van der Waals surface area contributed by atoms with E-state index in [0.29, 0.717) is 24.7 Å². The number of aliphatic imine (C=N–C) groups is 1. The van der Waals surface area contributed by atoms with Gasteiger partial charge in [-0.05, 0) is 68.3 Å². The maximum Gasteiger partial charge on any atom is 0.257 e. The van der Waals surface area contributed by atoms with E-state index < -0.39 is 0 Å². The fourth-order valence-corrected chi connectivity index (χ4v) is 2.95. The summed E-state index contributed by atoms with van der Waals surface area (Å²) in [5.41, 5.74) is 1.32. The number of anilines is 1. The van der Waals surface area contributed by atoms with Crippen molar-refractivity contribution in [2.75, 3.05) is 32.2 Å². The molecular formula is C22H27N3O4. The standard InChI is InChI=1S/C22H27N3O4/c1-3-28-19-10-6-16(7-11-19)21(26)25-22(23-15-20-5-4-14-29-20)24-17-8-12-18(27-2)13-9-17/h6-13,20H,3-5,14-15H2,1-2H3,(H2,23,24,25,26). The normalized spacial score (nSPS) is 16.3. The number of amides is 1. The molecule has 0 saturated carbocycles. The summed E-state index contributed by atoms with van der Waals surface area (Å²) < 4.78 is 16.2. The van der Waals surface area contributed by atoms with Gasteiger partial charge >= 0.3 is 0 Å². The first kappa shape index (κ1) is 20.7. The van der Waals surface area contributed by atoms with Crippen LogP contribution in [-0.4, -0.2) is 44.8 Å². The molecule has 0 radical (unpaired) electrons. The number of hydrogen-bond donors (Lipinski definition) is 2. The third-order valence-corrected chi connectivity index (χ3v) is 4.49. The van der Waals surface area contributed by atoms with Gasteiger partial charge in [-0.2, -0.15) is 0 Å². The molecule has 0 spiro atoms. The second-order valence-electron chi connectivity index (χ2n) is 6.59. The van der Waals surface area contributed by atoms with Crippen LogP contribution in [0.4, 0.5) is 5.69 Å². The lowest BCUT2D eigenvalue weighted by Gasteiger charge is -2.14. The van der Waals surface area contributed by atoms with Crippen LogP contribution in [0.2, 0.25) is 0 Å². The van der Waals surface area contributed by atoms with E-state index >= 15 is 0 Å². The van der Waals surface area contributed by atoms with Gasteiger partial charge in [-0.3, -0.25) is 10.1 Å². The zero-order chi connectivity index (χ0) is 20.5. The molecule has 1 aliphatic heterocycles. The molecule has 1 heterocycles. The molecule has 2 aromatic carbocycles. The van der Waals surface area contributed by atoms with E-state index in [1.54, 1.807) is 31.4 Å². The van der Waals surface area contributed by atoms with Gasteiger partial charge in [0.05, 0.1) is 26.4 Å². The maximum absolute atomic E-state index is 12.7. The summed E-state index contributed by atoms with van der Waals surface area (Å²) in [5, 5.41) is 6.03. The molecule has 1 aliphatic rings. The molecule has 7 nitrogen and oxygen atoms in total. The Morgan fingerprint density at radius 3 is 2.48 bits per heavy atom. The van der Waals surface area contributed by atoms with Gasteiger partial charge in [0.25, 0.3) is 5.91 Å². The number of rotatable bonds is 7. The van der Waals surface area contributed by atoms with Gasteiger partial charge in [0, 0.05) is 17.9 Å². The van der Waals surface area contributed by atoms with Crippen LogP contribution in [0.1, 0.15) is 30.1 Å². The first-order valence-electron chi connectivity index (χ1n) is 9.79. The molecule has 3 rings (SSSR count). The van der Waals surface area contributed by atoms with Crippen molar-refractivity contribution in [1.82, 2.24) is 5.32 Å². The molecule has 2 N–H and O–H groups in total. The predicted molar refractivity (Wildman–Crippen MR) is 113 cm³/mol. The number of nitrogens with zero attached hydrogens (tertiary/aromatic N) is 1. The quantitative estimate of drug-likeness (QED) is 0.552. The maximum atomic E-state index is 12.7. The molecule has 1 saturated heterocycles. The van der Waals surface area contributed by atoms with E-state index in [9.17, 15) is 4.79 Å². The summed E-state index contributed by atoms with van der Waals surface area (Å²) in [4.78, 5) is 17.2. The van der Waals surface area contributed by atoms with Crippen LogP contribution in [0, 0.1) is 0 Å². The lowest BCUT2D eigenvalue weighted by molar-refractivity contribution is 0.0975. The topological polar surface area (TPSA) is 81.2 Å². The zero-order valence-corrected chi connectivity index (χ0v) is 16.8. The van der Waals surface area contributed by atoms with E-state index in [-0.39, 0.29) is 12.0 Å². The number of ether oxygens (including phenoxy) is 3. The zero-order valence-electron chi connectivity index (χ0n) is 16.8. The summed E-state index contributed by atoms with van der Waals surface area (Å²) in [6, 6.07) is 14.4. The van der Waals surface area contributed by atoms with Crippen LogP contribution in [0.25, 0.3) is 0 Å². The van der Waals surface area contributed by atoms with Crippen LogP contribution in [-0.2, 0) is 4.74 Å². The highest BCUT2D eigenvalue weighted by Gasteiger charge is 2.16. The van der Waals surface area contributed by atoms with Gasteiger partial charge in [0.15, 0.2) is 0 Å². The number of carbonyl (C=O) groups excluding carboxylic acids is 1. The first-order chi connectivity index (χ1) is 14.2. The van der Waals surface area contributed by atoms with Crippen molar-refractivity contribution in [2.24, 2.45) is 4.99 Å². The minimum Gasteiger partial charge on any atom is -0.497 e. The molecule has 1 amide bonds.